The summed E-state index contributed by atoms with van der Waals surface area (Å²) in [6, 6.07) is 0. The molecular weight excluding hydrogens is 196 g/mol. The predicted octanol–water partition coefficient (Wildman–Crippen LogP) is 4.01. The second-order valence-corrected chi connectivity index (χ2v) is 5.78. The van der Waals surface area contributed by atoms with Crippen LogP contribution < -0.4 is 0 Å². The Labute approximate surface area is 99.6 Å². The fraction of sp³-hybridized carbons (Fsp3) is 0.667. The van der Waals surface area contributed by atoms with Gasteiger partial charge >= 0.3 is 0 Å². The molecule has 0 aromatic heterocycles. The molecule has 0 aromatic rings. The number of carbonyl (C=O) groups is 1. The molecule has 0 unspecified atom stereocenters. The Kier molecular flexibility index (Phi) is 3.77. The van der Waals surface area contributed by atoms with Gasteiger partial charge in [0.15, 0.2) is 0 Å². The standard InChI is InChI=1S/C15H24O/c1-7-15(6)9-8-12(10(2)3)14(16)13(15)11(4)5/h7,10,12-13H,1,4,8-9H2,2-3,5-6H3/t12-,13-,15+/m1/s1. The zero-order valence-corrected chi connectivity index (χ0v) is 11.0. The zero-order chi connectivity index (χ0) is 12.5. The van der Waals surface area contributed by atoms with Gasteiger partial charge in [0.2, 0.25) is 0 Å². The first kappa shape index (κ1) is 13.2. The van der Waals surface area contributed by atoms with Crippen molar-refractivity contribution in [3.8, 4) is 0 Å². The van der Waals surface area contributed by atoms with Crippen LogP contribution in [-0.4, -0.2) is 5.78 Å². The van der Waals surface area contributed by atoms with Gasteiger partial charge in [-0.05, 0) is 31.1 Å². The fourth-order valence-corrected chi connectivity index (χ4v) is 2.98. The molecule has 0 N–H and O–H groups in total. The lowest BCUT2D eigenvalue weighted by molar-refractivity contribution is -0.133. The number of rotatable bonds is 3. The largest absolute Gasteiger partial charge is 0.299 e. The van der Waals surface area contributed by atoms with Gasteiger partial charge in [0.1, 0.15) is 5.78 Å². The van der Waals surface area contributed by atoms with Crippen molar-refractivity contribution in [2.45, 2.75) is 40.5 Å². The van der Waals surface area contributed by atoms with Crippen molar-refractivity contribution >= 4 is 5.78 Å². The smallest absolute Gasteiger partial charge is 0.144 e. The molecule has 1 fully saturated rings. The average molecular weight is 220 g/mol. The van der Waals surface area contributed by atoms with Gasteiger partial charge in [-0.3, -0.25) is 4.79 Å². The third-order valence-electron chi connectivity index (χ3n) is 4.07. The van der Waals surface area contributed by atoms with Gasteiger partial charge in [-0.1, -0.05) is 39.0 Å². The molecule has 1 saturated carbocycles. The van der Waals surface area contributed by atoms with Crippen molar-refractivity contribution in [3.05, 3.63) is 24.8 Å². The first-order chi connectivity index (χ1) is 7.33. The number of allylic oxidation sites excluding steroid dienone is 2. The normalized spacial score (nSPS) is 35.2. The molecule has 1 rings (SSSR count). The maximum absolute atomic E-state index is 12.5. The third kappa shape index (κ3) is 2.14. The van der Waals surface area contributed by atoms with Crippen LogP contribution in [0.3, 0.4) is 0 Å². The van der Waals surface area contributed by atoms with E-state index in [0.717, 1.165) is 18.4 Å². The highest BCUT2D eigenvalue weighted by molar-refractivity contribution is 5.88. The molecule has 1 heteroatoms. The Balaban J connectivity index is 3.06. The van der Waals surface area contributed by atoms with Crippen molar-refractivity contribution in [1.82, 2.24) is 0 Å². The maximum Gasteiger partial charge on any atom is 0.144 e. The monoisotopic (exact) mass is 220 g/mol. The van der Waals surface area contributed by atoms with Crippen LogP contribution in [0.1, 0.15) is 40.5 Å². The van der Waals surface area contributed by atoms with Crippen LogP contribution in [0.2, 0.25) is 0 Å². The summed E-state index contributed by atoms with van der Waals surface area (Å²) in [5.74, 6) is 0.973. The maximum atomic E-state index is 12.5. The van der Waals surface area contributed by atoms with Crippen LogP contribution in [0.5, 0.6) is 0 Å². The molecular formula is C15H24O. The molecule has 0 saturated heterocycles. The summed E-state index contributed by atoms with van der Waals surface area (Å²) < 4.78 is 0. The van der Waals surface area contributed by atoms with Gasteiger partial charge in [0.05, 0.1) is 0 Å². The van der Waals surface area contributed by atoms with E-state index in [-0.39, 0.29) is 17.3 Å². The van der Waals surface area contributed by atoms with E-state index in [1.165, 1.54) is 0 Å². The molecule has 0 amide bonds. The third-order valence-corrected chi connectivity index (χ3v) is 4.07. The first-order valence-corrected chi connectivity index (χ1v) is 6.16. The van der Waals surface area contributed by atoms with Crippen LogP contribution >= 0.6 is 0 Å². The summed E-state index contributed by atoms with van der Waals surface area (Å²) in [4.78, 5) is 12.5. The van der Waals surface area contributed by atoms with E-state index in [9.17, 15) is 4.79 Å². The van der Waals surface area contributed by atoms with Gasteiger partial charge in [-0.25, -0.2) is 0 Å². The lowest BCUT2D eigenvalue weighted by Gasteiger charge is -2.43. The Bertz CT molecular complexity index is 313. The second kappa shape index (κ2) is 4.57. The van der Waals surface area contributed by atoms with Gasteiger partial charge in [0, 0.05) is 11.8 Å². The number of carbonyl (C=O) groups excluding carboxylic acids is 1. The highest BCUT2D eigenvalue weighted by atomic mass is 16.1. The SMILES string of the molecule is C=C[C@@]1(C)CC[C@H](C(C)C)C(=O)[C@H]1C(=C)C. The van der Waals surface area contributed by atoms with Crippen molar-refractivity contribution in [2.75, 3.05) is 0 Å². The molecule has 0 heterocycles. The minimum atomic E-state index is -0.0890. The van der Waals surface area contributed by atoms with Gasteiger partial charge in [-0.2, -0.15) is 0 Å². The average Bonchev–Trinajstić information content (AvgIpc) is 2.16. The molecule has 1 nitrogen and oxygen atoms in total. The summed E-state index contributed by atoms with van der Waals surface area (Å²) in [5, 5.41) is 0. The van der Waals surface area contributed by atoms with Crippen LogP contribution in [0.25, 0.3) is 0 Å². The fourth-order valence-electron chi connectivity index (χ4n) is 2.98. The topological polar surface area (TPSA) is 17.1 Å². The molecule has 90 valence electrons. The molecule has 3 atom stereocenters. The molecule has 16 heavy (non-hydrogen) atoms. The lowest BCUT2D eigenvalue weighted by atomic mass is 9.60. The molecule has 0 aliphatic heterocycles. The molecule has 0 bridgehead atoms. The quantitative estimate of drug-likeness (QED) is 0.657. The molecule has 0 aromatic carbocycles. The van der Waals surface area contributed by atoms with Crippen LogP contribution in [0.15, 0.2) is 24.8 Å². The minimum absolute atomic E-state index is 0.0360. The Morgan fingerprint density at radius 2 is 2.12 bits per heavy atom. The Hall–Kier alpha value is -0.850. The van der Waals surface area contributed by atoms with E-state index in [2.05, 4.69) is 33.9 Å². The summed E-state index contributed by atoms with van der Waals surface area (Å²) in [6.45, 7) is 16.3. The number of hydrogen-bond donors (Lipinski definition) is 0. The van der Waals surface area contributed by atoms with Gasteiger partial charge in [-0.15, -0.1) is 6.58 Å². The van der Waals surface area contributed by atoms with Crippen LogP contribution in [-0.2, 0) is 4.79 Å². The van der Waals surface area contributed by atoms with E-state index >= 15 is 0 Å². The van der Waals surface area contributed by atoms with Crippen molar-refractivity contribution < 1.29 is 4.79 Å². The number of ketones is 1. The molecule has 0 radical (unpaired) electrons. The zero-order valence-electron chi connectivity index (χ0n) is 11.0. The van der Waals surface area contributed by atoms with Crippen LogP contribution in [0.4, 0.5) is 0 Å². The molecule has 1 aliphatic rings. The van der Waals surface area contributed by atoms with Crippen molar-refractivity contribution in [1.29, 1.82) is 0 Å². The van der Waals surface area contributed by atoms with E-state index in [1.807, 2.05) is 13.0 Å². The minimum Gasteiger partial charge on any atom is -0.299 e. The van der Waals surface area contributed by atoms with E-state index in [0.29, 0.717) is 11.7 Å². The van der Waals surface area contributed by atoms with E-state index in [1.54, 1.807) is 0 Å². The molecule has 0 spiro atoms. The van der Waals surface area contributed by atoms with E-state index < -0.39 is 0 Å². The predicted molar refractivity (Wildman–Crippen MR) is 69.2 cm³/mol. The molecule has 1 aliphatic carbocycles. The lowest BCUT2D eigenvalue weighted by Crippen LogP contribution is -2.43. The van der Waals surface area contributed by atoms with Gasteiger partial charge in [0.25, 0.3) is 0 Å². The van der Waals surface area contributed by atoms with Gasteiger partial charge < -0.3 is 0 Å². The number of Topliss-reactive ketones (excluding diaryl/α,β-unsaturated/α-hetero) is 1. The van der Waals surface area contributed by atoms with Crippen molar-refractivity contribution in [3.63, 3.8) is 0 Å². The summed E-state index contributed by atoms with van der Waals surface area (Å²) in [7, 11) is 0. The summed E-state index contributed by atoms with van der Waals surface area (Å²) in [6.07, 6.45) is 3.98. The summed E-state index contributed by atoms with van der Waals surface area (Å²) in [5.41, 5.74) is 0.895. The first-order valence-electron chi connectivity index (χ1n) is 6.16. The van der Waals surface area contributed by atoms with E-state index in [4.69, 9.17) is 0 Å². The summed E-state index contributed by atoms with van der Waals surface area (Å²) >= 11 is 0. The Morgan fingerprint density at radius 1 is 1.56 bits per heavy atom. The number of hydrogen-bond acceptors (Lipinski definition) is 1. The second-order valence-electron chi connectivity index (χ2n) is 5.78. The highest BCUT2D eigenvalue weighted by Crippen LogP contribution is 2.46. The Morgan fingerprint density at radius 3 is 2.50 bits per heavy atom. The highest BCUT2D eigenvalue weighted by Gasteiger charge is 2.45. The van der Waals surface area contributed by atoms with Crippen molar-refractivity contribution in [2.24, 2.45) is 23.2 Å². The van der Waals surface area contributed by atoms with Crippen LogP contribution in [0, 0.1) is 23.2 Å².